The maximum absolute atomic E-state index is 13.2. The lowest BCUT2D eigenvalue weighted by Crippen LogP contribution is -2.42. The Labute approximate surface area is 186 Å². The molecule has 1 amide bonds. The largest absolute Gasteiger partial charge is 0.489 e. The number of hydrogen-bond acceptors (Lipinski definition) is 4. The van der Waals surface area contributed by atoms with Crippen LogP contribution in [-0.2, 0) is 11.3 Å². The number of thiophene rings is 1. The summed E-state index contributed by atoms with van der Waals surface area (Å²) in [5.41, 5.74) is 0. The minimum atomic E-state index is -0.338. The molecule has 0 spiro atoms. The Bertz CT molecular complexity index is 756. The maximum atomic E-state index is 13.2. The van der Waals surface area contributed by atoms with Gasteiger partial charge in [-0.15, -0.1) is 35.3 Å². The average molecular weight is 520 g/mol. The third kappa shape index (κ3) is 8.87. The van der Waals surface area contributed by atoms with Gasteiger partial charge in [0.1, 0.15) is 24.2 Å². The SMILES string of the molecule is CC(CNC(=NCC(=O)N(C)C)NCc1cccs1)Oc1cccc(F)c1.I. The summed E-state index contributed by atoms with van der Waals surface area (Å²) in [5.74, 6) is 0.566. The highest BCUT2D eigenvalue weighted by Gasteiger charge is 2.09. The van der Waals surface area contributed by atoms with Crippen molar-refractivity contribution in [3.63, 3.8) is 0 Å². The number of hydrogen-bond donors (Lipinski definition) is 2. The van der Waals surface area contributed by atoms with Gasteiger partial charge in [0.25, 0.3) is 0 Å². The maximum Gasteiger partial charge on any atom is 0.243 e. The molecule has 0 saturated heterocycles. The van der Waals surface area contributed by atoms with E-state index in [1.807, 2.05) is 24.4 Å². The molecule has 1 aromatic carbocycles. The minimum Gasteiger partial charge on any atom is -0.489 e. The van der Waals surface area contributed by atoms with Gasteiger partial charge in [-0.25, -0.2) is 9.38 Å². The number of ether oxygens (including phenoxy) is 1. The molecule has 0 aliphatic carbocycles. The van der Waals surface area contributed by atoms with Gasteiger partial charge in [0.15, 0.2) is 5.96 Å². The first-order chi connectivity index (χ1) is 12.9. The van der Waals surface area contributed by atoms with E-state index in [0.717, 1.165) is 4.88 Å². The summed E-state index contributed by atoms with van der Waals surface area (Å²) in [4.78, 5) is 18.8. The highest BCUT2D eigenvalue weighted by molar-refractivity contribution is 14.0. The Kier molecular flexibility index (Phi) is 10.8. The number of halogens is 2. The molecule has 2 aromatic rings. The molecular formula is C19H26FIN4O2S. The third-order valence-corrected chi connectivity index (χ3v) is 4.45. The first-order valence-corrected chi connectivity index (χ1v) is 9.49. The number of guanidine groups is 1. The monoisotopic (exact) mass is 520 g/mol. The lowest BCUT2D eigenvalue weighted by Gasteiger charge is -2.18. The van der Waals surface area contributed by atoms with Gasteiger partial charge in [0.05, 0.1) is 13.1 Å². The van der Waals surface area contributed by atoms with Gasteiger partial charge in [-0.3, -0.25) is 4.79 Å². The molecule has 2 N–H and O–H groups in total. The van der Waals surface area contributed by atoms with Crippen LogP contribution in [0.15, 0.2) is 46.8 Å². The number of amides is 1. The van der Waals surface area contributed by atoms with E-state index in [9.17, 15) is 9.18 Å². The molecule has 0 bridgehead atoms. The Morgan fingerprint density at radius 3 is 2.71 bits per heavy atom. The normalized spacial score (nSPS) is 11.9. The van der Waals surface area contributed by atoms with E-state index in [1.54, 1.807) is 37.6 Å². The molecule has 0 radical (unpaired) electrons. The summed E-state index contributed by atoms with van der Waals surface area (Å²) in [7, 11) is 3.39. The van der Waals surface area contributed by atoms with Crippen molar-refractivity contribution in [3.05, 3.63) is 52.5 Å². The predicted molar refractivity (Wildman–Crippen MR) is 122 cm³/mol. The lowest BCUT2D eigenvalue weighted by atomic mass is 10.3. The standard InChI is InChI=1S/C19H25FN4O2S.HI/c1-14(26-16-7-4-6-15(20)10-16)11-21-19(23-13-18(25)24(2)3)22-12-17-8-5-9-27-17;/h4-10,14H,11-13H2,1-3H3,(H2,21,22,23);1H. The molecule has 1 unspecified atom stereocenters. The summed E-state index contributed by atoms with van der Waals surface area (Å²) in [6, 6.07) is 10.0. The van der Waals surface area contributed by atoms with Crippen LogP contribution >= 0.6 is 35.3 Å². The molecule has 0 fully saturated rings. The highest BCUT2D eigenvalue weighted by Crippen LogP contribution is 2.13. The molecule has 1 heterocycles. The van der Waals surface area contributed by atoms with Crippen molar-refractivity contribution in [2.75, 3.05) is 27.2 Å². The van der Waals surface area contributed by atoms with Crippen LogP contribution in [0.4, 0.5) is 4.39 Å². The predicted octanol–water partition coefficient (Wildman–Crippen LogP) is 3.10. The van der Waals surface area contributed by atoms with Crippen LogP contribution in [-0.4, -0.2) is 50.1 Å². The van der Waals surface area contributed by atoms with Crippen LogP contribution in [0.5, 0.6) is 5.75 Å². The third-order valence-electron chi connectivity index (χ3n) is 3.57. The minimum absolute atomic E-state index is 0. The van der Waals surface area contributed by atoms with Crippen molar-refractivity contribution in [1.29, 1.82) is 0 Å². The van der Waals surface area contributed by atoms with Crippen molar-refractivity contribution < 1.29 is 13.9 Å². The first-order valence-electron chi connectivity index (χ1n) is 8.61. The second kappa shape index (κ2) is 12.6. The van der Waals surface area contributed by atoms with E-state index in [4.69, 9.17) is 4.74 Å². The fourth-order valence-corrected chi connectivity index (χ4v) is 2.75. The number of carbonyl (C=O) groups is 1. The topological polar surface area (TPSA) is 66.0 Å². The number of aliphatic imine (C=N–C) groups is 1. The zero-order valence-corrected chi connectivity index (χ0v) is 19.3. The summed E-state index contributed by atoms with van der Waals surface area (Å²) in [6.07, 6.45) is -0.218. The summed E-state index contributed by atoms with van der Waals surface area (Å²) >= 11 is 1.64. The molecular weight excluding hydrogens is 494 g/mol. The Morgan fingerprint density at radius 1 is 1.29 bits per heavy atom. The van der Waals surface area contributed by atoms with E-state index in [0.29, 0.717) is 24.8 Å². The van der Waals surface area contributed by atoms with Crippen molar-refractivity contribution in [3.8, 4) is 5.75 Å². The molecule has 1 aromatic heterocycles. The van der Waals surface area contributed by atoms with Gasteiger partial charge >= 0.3 is 0 Å². The van der Waals surface area contributed by atoms with Crippen molar-refractivity contribution >= 4 is 47.2 Å². The number of nitrogens with zero attached hydrogens (tertiary/aromatic N) is 2. The van der Waals surface area contributed by atoms with Gasteiger partial charge in [0.2, 0.25) is 5.91 Å². The van der Waals surface area contributed by atoms with Crippen LogP contribution in [0, 0.1) is 5.82 Å². The van der Waals surface area contributed by atoms with E-state index in [1.165, 1.54) is 17.0 Å². The summed E-state index contributed by atoms with van der Waals surface area (Å²) in [6.45, 7) is 2.98. The highest BCUT2D eigenvalue weighted by atomic mass is 127. The van der Waals surface area contributed by atoms with Crippen molar-refractivity contribution in [1.82, 2.24) is 15.5 Å². The molecule has 28 heavy (non-hydrogen) atoms. The second-order valence-corrected chi connectivity index (χ2v) is 7.18. The van der Waals surface area contributed by atoms with Gasteiger partial charge in [-0.1, -0.05) is 12.1 Å². The molecule has 154 valence electrons. The van der Waals surface area contributed by atoms with Crippen LogP contribution < -0.4 is 15.4 Å². The summed E-state index contributed by atoms with van der Waals surface area (Å²) < 4.78 is 18.9. The number of nitrogens with one attached hydrogen (secondary N) is 2. The van der Waals surface area contributed by atoms with E-state index in [-0.39, 0.29) is 48.3 Å². The molecule has 0 aliphatic rings. The van der Waals surface area contributed by atoms with Crippen molar-refractivity contribution in [2.45, 2.75) is 19.6 Å². The molecule has 1 atom stereocenters. The zero-order valence-electron chi connectivity index (χ0n) is 16.1. The van der Waals surface area contributed by atoms with Crippen LogP contribution in [0.3, 0.4) is 0 Å². The first kappa shape index (κ1) is 24.2. The lowest BCUT2D eigenvalue weighted by molar-refractivity contribution is -0.127. The number of rotatable bonds is 8. The van der Waals surface area contributed by atoms with Crippen LogP contribution in [0.25, 0.3) is 0 Å². The van der Waals surface area contributed by atoms with Gasteiger partial charge in [-0.2, -0.15) is 0 Å². The molecule has 2 rings (SSSR count). The van der Waals surface area contributed by atoms with Crippen molar-refractivity contribution in [2.24, 2.45) is 4.99 Å². The van der Waals surface area contributed by atoms with E-state index < -0.39 is 0 Å². The molecule has 0 saturated carbocycles. The smallest absolute Gasteiger partial charge is 0.243 e. The number of likely N-dealkylation sites (N-methyl/N-ethyl adjacent to an activating group) is 1. The fraction of sp³-hybridized carbons (Fsp3) is 0.368. The van der Waals surface area contributed by atoms with E-state index in [2.05, 4.69) is 15.6 Å². The van der Waals surface area contributed by atoms with Gasteiger partial charge in [0, 0.05) is 25.0 Å². The molecule has 6 nitrogen and oxygen atoms in total. The Morgan fingerprint density at radius 2 is 2.07 bits per heavy atom. The quantitative estimate of drug-likeness (QED) is 0.319. The average Bonchev–Trinajstić information content (AvgIpc) is 3.14. The number of carbonyl (C=O) groups excluding carboxylic acids is 1. The Hall–Kier alpha value is -1.88. The van der Waals surface area contributed by atoms with Crippen LogP contribution in [0.2, 0.25) is 0 Å². The summed E-state index contributed by atoms with van der Waals surface area (Å²) in [5, 5.41) is 8.38. The fourth-order valence-electron chi connectivity index (χ4n) is 2.10. The van der Waals surface area contributed by atoms with Gasteiger partial charge < -0.3 is 20.3 Å². The second-order valence-electron chi connectivity index (χ2n) is 6.15. The Balaban J connectivity index is 0.00000392. The zero-order chi connectivity index (χ0) is 19.6. The van der Waals surface area contributed by atoms with Crippen LogP contribution in [0.1, 0.15) is 11.8 Å². The number of benzene rings is 1. The molecule has 9 heteroatoms. The van der Waals surface area contributed by atoms with Gasteiger partial charge in [-0.05, 0) is 30.5 Å². The van der Waals surface area contributed by atoms with E-state index >= 15 is 0 Å². The molecule has 0 aliphatic heterocycles.